The predicted molar refractivity (Wildman–Crippen MR) is 90.9 cm³/mol. The Labute approximate surface area is 140 Å². The van der Waals surface area contributed by atoms with Gasteiger partial charge in [0.15, 0.2) is 0 Å². The zero-order chi connectivity index (χ0) is 15.6. The molecule has 5 heteroatoms. The minimum Gasteiger partial charge on any atom is -0.468 e. The number of likely N-dealkylation sites (tertiary alicyclic amines) is 1. The van der Waals surface area contributed by atoms with Crippen LogP contribution in [0, 0.1) is 0 Å². The summed E-state index contributed by atoms with van der Waals surface area (Å²) in [5.41, 5.74) is 1.38. The summed E-state index contributed by atoms with van der Waals surface area (Å²) in [6.45, 7) is 2.76. The molecular formula is C18H22N2O2S. The van der Waals surface area contributed by atoms with Crippen molar-refractivity contribution in [2.24, 2.45) is 0 Å². The molecule has 1 atom stereocenters. The fourth-order valence-corrected chi connectivity index (χ4v) is 4.83. The number of hydrogen-bond acceptors (Lipinski definition) is 4. The number of thiophene rings is 1. The molecule has 0 bridgehead atoms. The van der Waals surface area contributed by atoms with E-state index in [2.05, 4.69) is 16.3 Å². The van der Waals surface area contributed by atoms with E-state index in [0.717, 1.165) is 36.6 Å². The molecule has 1 fully saturated rings. The second-order valence-electron chi connectivity index (χ2n) is 6.40. The molecule has 1 unspecified atom stereocenters. The Morgan fingerprint density at radius 2 is 2.17 bits per heavy atom. The maximum Gasteiger partial charge on any atom is 0.261 e. The fourth-order valence-electron chi connectivity index (χ4n) is 3.66. The molecular weight excluding hydrogens is 308 g/mol. The zero-order valence-corrected chi connectivity index (χ0v) is 14.0. The first kappa shape index (κ1) is 15.0. The molecule has 2 aromatic heterocycles. The average molecular weight is 330 g/mol. The third-order valence-corrected chi connectivity index (χ3v) is 6.12. The van der Waals surface area contributed by atoms with Gasteiger partial charge >= 0.3 is 0 Å². The van der Waals surface area contributed by atoms with E-state index in [0.29, 0.717) is 6.54 Å². The van der Waals surface area contributed by atoms with E-state index >= 15 is 0 Å². The normalized spacial score (nSPS) is 19.0. The molecule has 1 N–H and O–H groups in total. The highest BCUT2D eigenvalue weighted by Crippen LogP contribution is 2.31. The average Bonchev–Trinajstić information content (AvgIpc) is 3.31. The van der Waals surface area contributed by atoms with Gasteiger partial charge in [0.1, 0.15) is 5.76 Å². The van der Waals surface area contributed by atoms with Crippen molar-refractivity contribution < 1.29 is 9.21 Å². The van der Waals surface area contributed by atoms with Gasteiger partial charge < -0.3 is 9.73 Å². The van der Waals surface area contributed by atoms with E-state index in [4.69, 9.17) is 4.42 Å². The van der Waals surface area contributed by atoms with E-state index in [-0.39, 0.29) is 11.9 Å². The number of aryl methyl sites for hydroxylation is 2. The third kappa shape index (κ3) is 3.08. The molecule has 2 aliphatic rings. The van der Waals surface area contributed by atoms with Crippen molar-refractivity contribution in [2.75, 3.05) is 19.6 Å². The van der Waals surface area contributed by atoms with Crippen LogP contribution in [0.2, 0.25) is 0 Å². The van der Waals surface area contributed by atoms with Crippen LogP contribution in [0.4, 0.5) is 0 Å². The molecule has 0 radical (unpaired) electrons. The topological polar surface area (TPSA) is 45.5 Å². The van der Waals surface area contributed by atoms with Gasteiger partial charge in [0.05, 0.1) is 17.2 Å². The number of hydrogen-bond donors (Lipinski definition) is 1. The number of rotatable bonds is 5. The second kappa shape index (κ2) is 6.49. The summed E-state index contributed by atoms with van der Waals surface area (Å²) in [6, 6.07) is 6.15. The molecule has 23 heavy (non-hydrogen) atoms. The smallest absolute Gasteiger partial charge is 0.261 e. The van der Waals surface area contributed by atoms with Crippen molar-refractivity contribution in [3.05, 3.63) is 45.5 Å². The Morgan fingerprint density at radius 1 is 1.30 bits per heavy atom. The van der Waals surface area contributed by atoms with Crippen molar-refractivity contribution in [1.82, 2.24) is 10.2 Å². The lowest BCUT2D eigenvalue weighted by Crippen LogP contribution is -2.36. The molecule has 0 spiro atoms. The Kier molecular flexibility index (Phi) is 4.23. The van der Waals surface area contributed by atoms with Crippen molar-refractivity contribution >= 4 is 17.2 Å². The van der Waals surface area contributed by atoms with Gasteiger partial charge in [-0.05, 0) is 69.0 Å². The van der Waals surface area contributed by atoms with E-state index in [1.807, 2.05) is 12.1 Å². The summed E-state index contributed by atoms with van der Waals surface area (Å²) in [6.07, 6.45) is 7.66. The number of nitrogens with one attached hydrogen (secondary N) is 1. The molecule has 0 saturated carbocycles. The number of fused-ring (bicyclic) bond motifs is 1. The number of amides is 1. The van der Waals surface area contributed by atoms with Gasteiger partial charge in [-0.15, -0.1) is 11.3 Å². The number of nitrogens with zero attached hydrogens (tertiary/aromatic N) is 1. The number of carbonyl (C=O) groups excluding carboxylic acids is 1. The molecule has 2 aromatic rings. The van der Waals surface area contributed by atoms with Crippen molar-refractivity contribution in [2.45, 2.75) is 38.1 Å². The van der Waals surface area contributed by atoms with Gasteiger partial charge in [-0.2, -0.15) is 0 Å². The van der Waals surface area contributed by atoms with Crippen LogP contribution >= 0.6 is 11.3 Å². The number of furan rings is 1. The van der Waals surface area contributed by atoms with E-state index in [1.54, 1.807) is 17.6 Å². The molecule has 4 nitrogen and oxygen atoms in total. The summed E-state index contributed by atoms with van der Waals surface area (Å²) < 4.78 is 5.61. The molecule has 3 heterocycles. The van der Waals surface area contributed by atoms with Crippen LogP contribution in [0.1, 0.15) is 51.2 Å². The minimum absolute atomic E-state index is 0.0557. The SMILES string of the molecule is O=C(NCC(c1ccco1)N1CCCC1)c1cc2c(s1)CCC2. The summed E-state index contributed by atoms with van der Waals surface area (Å²) in [4.78, 5) is 17.2. The first-order valence-corrected chi connectivity index (χ1v) is 9.30. The largest absolute Gasteiger partial charge is 0.468 e. The fraction of sp³-hybridized carbons (Fsp3) is 0.500. The van der Waals surface area contributed by atoms with Crippen molar-refractivity contribution in [1.29, 1.82) is 0 Å². The zero-order valence-electron chi connectivity index (χ0n) is 13.2. The van der Waals surface area contributed by atoms with Crippen molar-refractivity contribution in [3.63, 3.8) is 0 Å². The molecule has 1 saturated heterocycles. The van der Waals surface area contributed by atoms with Crippen LogP contribution in [0.5, 0.6) is 0 Å². The van der Waals surface area contributed by atoms with Crippen LogP contribution < -0.4 is 5.32 Å². The molecule has 1 aliphatic heterocycles. The second-order valence-corrected chi connectivity index (χ2v) is 7.53. The monoisotopic (exact) mass is 330 g/mol. The van der Waals surface area contributed by atoms with Gasteiger partial charge in [0.25, 0.3) is 5.91 Å². The Morgan fingerprint density at radius 3 is 2.91 bits per heavy atom. The first-order chi connectivity index (χ1) is 11.3. The highest BCUT2D eigenvalue weighted by molar-refractivity contribution is 7.14. The number of carbonyl (C=O) groups is 1. The predicted octanol–water partition coefficient (Wildman–Crippen LogP) is 3.40. The van der Waals surface area contributed by atoms with Crippen molar-refractivity contribution in [3.8, 4) is 0 Å². The lowest BCUT2D eigenvalue weighted by atomic mass is 10.2. The summed E-state index contributed by atoms with van der Waals surface area (Å²) >= 11 is 1.66. The Bertz CT molecular complexity index is 650. The van der Waals surface area contributed by atoms with Gasteiger partial charge in [0, 0.05) is 11.4 Å². The maximum absolute atomic E-state index is 12.5. The minimum atomic E-state index is 0.0557. The maximum atomic E-state index is 12.5. The quantitative estimate of drug-likeness (QED) is 0.914. The molecule has 1 aliphatic carbocycles. The van der Waals surface area contributed by atoms with Crippen LogP contribution in [0.3, 0.4) is 0 Å². The molecule has 1 amide bonds. The van der Waals surface area contributed by atoms with E-state index < -0.39 is 0 Å². The lowest BCUT2D eigenvalue weighted by molar-refractivity contribution is 0.0938. The summed E-state index contributed by atoms with van der Waals surface area (Å²) in [5, 5.41) is 3.12. The third-order valence-electron chi connectivity index (χ3n) is 4.88. The highest BCUT2D eigenvalue weighted by Gasteiger charge is 2.26. The summed E-state index contributed by atoms with van der Waals surface area (Å²) in [7, 11) is 0. The summed E-state index contributed by atoms with van der Waals surface area (Å²) in [5.74, 6) is 1.00. The highest BCUT2D eigenvalue weighted by atomic mass is 32.1. The Hall–Kier alpha value is -1.59. The molecule has 122 valence electrons. The first-order valence-electron chi connectivity index (χ1n) is 8.48. The van der Waals surface area contributed by atoms with Gasteiger partial charge in [0.2, 0.25) is 0 Å². The lowest BCUT2D eigenvalue weighted by Gasteiger charge is -2.25. The molecule has 4 rings (SSSR count). The van der Waals surface area contributed by atoms with Gasteiger partial charge in [-0.25, -0.2) is 0 Å². The van der Waals surface area contributed by atoms with Crippen LogP contribution in [-0.4, -0.2) is 30.4 Å². The van der Waals surface area contributed by atoms with Gasteiger partial charge in [-0.3, -0.25) is 9.69 Å². The van der Waals surface area contributed by atoms with E-state index in [9.17, 15) is 4.79 Å². The Balaban J connectivity index is 1.43. The molecule has 0 aromatic carbocycles. The van der Waals surface area contributed by atoms with Gasteiger partial charge in [-0.1, -0.05) is 0 Å². The van der Waals surface area contributed by atoms with Crippen LogP contribution in [0.15, 0.2) is 28.9 Å². The van der Waals surface area contributed by atoms with E-state index in [1.165, 1.54) is 29.7 Å². The van der Waals surface area contributed by atoms with Crippen LogP contribution in [-0.2, 0) is 12.8 Å². The van der Waals surface area contributed by atoms with Crippen LogP contribution in [0.25, 0.3) is 0 Å². The standard InChI is InChI=1S/C18H22N2O2S/c21-18(17-11-13-5-3-7-16(13)23-17)19-12-14(15-6-4-10-22-15)20-8-1-2-9-20/h4,6,10-11,14H,1-3,5,7-9,12H2,(H,19,21).